The number of aliphatic imine (C=N–C) groups is 1. The van der Waals surface area contributed by atoms with E-state index in [1.54, 1.807) is 6.20 Å². The van der Waals surface area contributed by atoms with Crippen LogP contribution in [-0.4, -0.2) is 61.3 Å². The Morgan fingerprint density at radius 3 is 2.48 bits per heavy atom. The van der Waals surface area contributed by atoms with Crippen LogP contribution in [0.1, 0.15) is 37.9 Å². The van der Waals surface area contributed by atoms with Gasteiger partial charge in [0.15, 0.2) is 5.96 Å². The molecule has 1 aromatic carbocycles. The number of pyridine rings is 1. The van der Waals surface area contributed by atoms with Gasteiger partial charge in [-0.2, -0.15) is 0 Å². The highest BCUT2D eigenvalue weighted by atomic mass is 127. The summed E-state index contributed by atoms with van der Waals surface area (Å²) in [5.74, 6) is 1.12. The monoisotopic (exact) mass is 571 g/mol. The van der Waals surface area contributed by atoms with Crippen molar-refractivity contribution in [3.8, 4) is 5.88 Å². The summed E-state index contributed by atoms with van der Waals surface area (Å²) in [5, 5.41) is 6.76. The molecule has 2 heterocycles. The molecule has 2 aromatic rings. The fourth-order valence-corrected chi connectivity index (χ4v) is 3.55. The molecule has 1 saturated heterocycles. The molecule has 1 aliphatic heterocycles. The molecule has 3 rings (SSSR count). The Labute approximate surface area is 213 Å². The number of nitrogens with zero attached hydrogens (tertiary/aromatic N) is 3. The van der Waals surface area contributed by atoms with Gasteiger partial charge in [0.1, 0.15) is 5.82 Å². The van der Waals surface area contributed by atoms with Crippen molar-refractivity contribution in [3.05, 3.63) is 59.5 Å². The molecule has 1 aliphatic rings. The van der Waals surface area contributed by atoms with E-state index in [0.29, 0.717) is 32.2 Å². The molecule has 9 heteroatoms. The molecule has 1 unspecified atom stereocenters. The Hall–Kier alpha value is -1.98. The van der Waals surface area contributed by atoms with Crippen molar-refractivity contribution in [3.63, 3.8) is 0 Å². The first-order valence-corrected chi connectivity index (χ1v) is 11.3. The molecule has 2 N–H and O–H groups in total. The van der Waals surface area contributed by atoms with E-state index in [0.717, 1.165) is 36.7 Å². The summed E-state index contributed by atoms with van der Waals surface area (Å²) >= 11 is 0. The van der Waals surface area contributed by atoms with Gasteiger partial charge < -0.3 is 20.1 Å². The van der Waals surface area contributed by atoms with E-state index >= 15 is 0 Å². The minimum absolute atomic E-state index is 0. The Morgan fingerprint density at radius 2 is 1.88 bits per heavy atom. The zero-order valence-electron chi connectivity index (χ0n) is 19.6. The molecule has 1 atom stereocenters. The lowest BCUT2D eigenvalue weighted by molar-refractivity contribution is 0.0170. The van der Waals surface area contributed by atoms with Crippen LogP contribution in [0, 0.1) is 5.82 Å². The lowest BCUT2D eigenvalue weighted by Gasteiger charge is -2.35. The molecule has 1 aromatic heterocycles. The van der Waals surface area contributed by atoms with Crippen LogP contribution in [0.5, 0.6) is 5.88 Å². The number of hydrogen-bond donors (Lipinski definition) is 2. The molecule has 0 radical (unpaired) electrons. The maximum atomic E-state index is 13.5. The van der Waals surface area contributed by atoms with E-state index < -0.39 is 0 Å². The van der Waals surface area contributed by atoms with Crippen LogP contribution in [0.2, 0.25) is 0 Å². The van der Waals surface area contributed by atoms with Gasteiger partial charge in [-0.25, -0.2) is 14.4 Å². The number of aromatic nitrogens is 1. The standard InChI is InChI=1S/C24H34FN5O2.HI/c1-4-26-24(28-16-19-5-10-23(27-15-19)32-18(2)3)29-17-22(30-11-13-31-14-12-30)20-6-8-21(25)9-7-20;/h5-10,15,18,22H,4,11-14,16-17H2,1-3H3,(H2,26,28,29);1H. The highest BCUT2D eigenvalue weighted by Gasteiger charge is 2.23. The van der Waals surface area contributed by atoms with Crippen LogP contribution in [0.3, 0.4) is 0 Å². The fraction of sp³-hybridized carbons (Fsp3) is 0.500. The highest BCUT2D eigenvalue weighted by molar-refractivity contribution is 14.0. The average molecular weight is 571 g/mol. The minimum Gasteiger partial charge on any atom is -0.475 e. The lowest BCUT2D eigenvalue weighted by atomic mass is 10.0. The summed E-state index contributed by atoms with van der Waals surface area (Å²) in [6.07, 6.45) is 1.89. The van der Waals surface area contributed by atoms with E-state index in [-0.39, 0.29) is 41.9 Å². The van der Waals surface area contributed by atoms with Gasteiger partial charge >= 0.3 is 0 Å². The van der Waals surface area contributed by atoms with Gasteiger partial charge in [0.25, 0.3) is 0 Å². The first kappa shape index (κ1) is 27.3. The number of ether oxygens (including phenoxy) is 2. The quantitative estimate of drug-likeness (QED) is 0.272. The number of halogens is 2. The first-order chi connectivity index (χ1) is 15.5. The Kier molecular flexibility index (Phi) is 11.8. The predicted molar refractivity (Wildman–Crippen MR) is 140 cm³/mol. The number of nitrogens with one attached hydrogen (secondary N) is 2. The van der Waals surface area contributed by atoms with E-state index in [1.807, 2.05) is 45.0 Å². The average Bonchev–Trinajstić information content (AvgIpc) is 2.80. The SMILES string of the molecule is CCNC(=NCc1ccc(OC(C)C)nc1)NCC(c1ccc(F)cc1)N1CCOCC1.I. The van der Waals surface area contributed by atoms with Crippen LogP contribution in [0.25, 0.3) is 0 Å². The number of rotatable bonds is 9. The molecular weight excluding hydrogens is 536 g/mol. The van der Waals surface area contributed by atoms with Gasteiger partial charge in [-0.15, -0.1) is 24.0 Å². The number of benzene rings is 1. The molecular formula is C24H35FIN5O2. The summed E-state index contributed by atoms with van der Waals surface area (Å²) in [6, 6.07) is 10.7. The molecule has 182 valence electrons. The van der Waals surface area contributed by atoms with E-state index in [4.69, 9.17) is 14.5 Å². The summed E-state index contributed by atoms with van der Waals surface area (Å²) in [6.45, 7) is 11.0. The smallest absolute Gasteiger partial charge is 0.213 e. The second-order valence-electron chi connectivity index (χ2n) is 7.96. The largest absolute Gasteiger partial charge is 0.475 e. The van der Waals surface area contributed by atoms with Crippen LogP contribution < -0.4 is 15.4 Å². The summed E-state index contributed by atoms with van der Waals surface area (Å²) in [5.41, 5.74) is 2.07. The van der Waals surface area contributed by atoms with Crippen molar-refractivity contribution in [1.82, 2.24) is 20.5 Å². The molecule has 33 heavy (non-hydrogen) atoms. The van der Waals surface area contributed by atoms with E-state index in [9.17, 15) is 4.39 Å². The van der Waals surface area contributed by atoms with Crippen molar-refractivity contribution in [2.45, 2.75) is 39.5 Å². The molecule has 0 spiro atoms. The molecule has 0 saturated carbocycles. The van der Waals surface area contributed by atoms with Crippen LogP contribution in [-0.2, 0) is 11.3 Å². The van der Waals surface area contributed by atoms with Crippen LogP contribution >= 0.6 is 24.0 Å². The summed E-state index contributed by atoms with van der Waals surface area (Å²) in [4.78, 5) is 11.4. The maximum Gasteiger partial charge on any atom is 0.213 e. The third-order valence-electron chi connectivity index (χ3n) is 5.12. The third kappa shape index (κ3) is 9.05. The first-order valence-electron chi connectivity index (χ1n) is 11.3. The highest BCUT2D eigenvalue weighted by Crippen LogP contribution is 2.21. The minimum atomic E-state index is -0.226. The van der Waals surface area contributed by atoms with Crippen LogP contribution in [0.4, 0.5) is 4.39 Å². The summed E-state index contributed by atoms with van der Waals surface area (Å²) < 4.78 is 24.6. The van der Waals surface area contributed by atoms with Crippen molar-refractivity contribution >= 4 is 29.9 Å². The molecule has 7 nitrogen and oxygen atoms in total. The Morgan fingerprint density at radius 1 is 1.15 bits per heavy atom. The zero-order chi connectivity index (χ0) is 22.8. The van der Waals surface area contributed by atoms with Gasteiger partial charge in [-0.1, -0.05) is 18.2 Å². The predicted octanol–water partition coefficient (Wildman–Crippen LogP) is 3.75. The van der Waals surface area contributed by atoms with Crippen molar-refractivity contribution in [2.75, 3.05) is 39.4 Å². The van der Waals surface area contributed by atoms with E-state index in [1.165, 1.54) is 12.1 Å². The second-order valence-corrected chi connectivity index (χ2v) is 7.96. The molecule has 0 amide bonds. The van der Waals surface area contributed by atoms with Gasteiger partial charge in [0.2, 0.25) is 5.88 Å². The van der Waals surface area contributed by atoms with Crippen LogP contribution in [0.15, 0.2) is 47.6 Å². The van der Waals surface area contributed by atoms with Crippen molar-refractivity contribution in [2.24, 2.45) is 4.99 Å². The van der Waals surface area contributed by atoms with Crippen molar-refractivity contribution in [1.29, 1.82) is 0 Å². The normalized spacial score (nSPS) is 15.6. The van der Waals surface area contributed by atoms with Gasteiger partial charge in [-0.05, 0) is 44.0 Å². The van der Waals surface area contributed by atoms with Gasteiger partial charge in [0.05, 0.1) is 31.9 Å². The Bertz CT molecular complexity index is 843. The zero-order valence-corrected chi connectivity index (χ0v) is 21.9. The lowest BCUT2D eigenvalue weighted by Crippen LogP contribution is -2.46. The van der Waals surface area contributed by atoms with Gasteiger partial charge in [-0.3, -0.25) is 4.90 Å². The number of guanidine groups is 1. The third-order valence-corrected chi connectivity index (χ3v) is 5.12. The molecule has 0 aliphatic carbocycles. The Balaban J connectivity index is 0.00000385. The van der Waals surface area contributed by atoms with Crippen molar-refractivity contribution < 1.29 is 13.9 Å². The number of morpholine rings is 1. The van der Waals surface area contributed by atoms with E-state index in [2.05, 4.69) is 20.5 Å². The number of hydrogen-bond acceptors (Lipinski definition) is 5. The second kappa shape index (κ2) is 14.3. The topological polar surface area (TPSA) is 71.0 Å². The van der Waals surface area contributed by atoms with Gasteiger partial charge in [0, 0.05) is 38.4 Å². The maximum absolute atomic E-state index is 13.5. The summed E-state index contributed by atoms with van der Waals surface area (Å²) in [7, 11) is 0. The molecule has 0 bridgehead atoms. The fourth-order valence-electron chi connectivity index (χ4n) is 3.55. The molecule has 1 fully saturated rings.